The molecule has 0 aliphatic heterocycles. The molecule has 0 spiro atoms. The van der Waals surface area contributed by atoms with Crippen molar-refractivity contribution >= 4 is 11.6 Å². The second kappa shape index (κ2) is 8.18. The minimum atomic E-state index is -0.414. The minimum Gasteiger partial charge on any atom is -0.322 e. The third-order valence-electron chi connectivity index (χ3n) is 4.47. The smallest absolute Gasteiger partial charge is 0.263 e. The maximum Gasteiger partial charge on any atom is 0.263 e. The van der Waals surface area contributed by atoms with Crippen molar-refractivity contribution in [2.24, 2.45) is 0 Å². The maximum atomic E-state index is 12.9. The number of benzene rings is 1. The van der Waals surface area contributed by atoms with Gasteiger partial charge in [0, 0.05) is 24.5 Å². The number of aromatic nitrogens is 4. The maximum absolute atomic E-state index is 12.9. The van der Waals surface area contributed by atoms with Crippen molar-refractivity contribution in [2.75, 3.05) is 26.0 Å². The molecule has 1 amide bonds. The molecule has 3 rings (SSSR count). The van der Waals surface area contributed by atoms with Crippen molar-refractivity contribution in [3.8, 4) is 5.69 Å². The van der Waals surface area contributed by atoms with Crippen molar-refractivity contribution < 1.29 is 4.79 Å². The highest BCUT2D eigenvalue weighted by molar-refractivity contribution is 6.05. The highest BCUT2D eigenvalue weighted by Gasteiger charge is 2.18. The third-order valence-corrected chi connectivity index (χ3v) is 4.47. The molecule has 0 saturated carbocycles. The van der Waals surface area contributed by atoms with Gasteiger partial charge < -0.3 is 14.8 Å². The van der Waals surface area contributed by atoms with Gasteiger partial charge in [-0.15, -0.1) is 0 Å². The summed E-state index contributed by atoms with van der Waals surface area (Å²) >= 11 is 0. The van der Waals surface area contributed by atoms with Crippen LogP contribution in [0.25, 0.3) is 5.69 Å². The van der Waals surface area contributed by atoms with Crippen molar-refractivity contribution in [2.45, 2.75) is 19.9 Å². The fraction of sp³-hybridized carbons (Fsp3) is 0.300. The summed E-state index contributed by atoms with van der Waals surface area (Å²) in [5.41, 5.74) is 1.95. The Hall–Kier alpha value is -3.26. The summed E-state index contributed by atoms with van der Waals surface area (Å²) in [5.74, 6) is -0.414. The standard InChI is InChI=1S/C20H24N6O2/c1-14-9-10-25(15(2)11-24(3)4)20(28)18(14)19(27)23-16-5-7-17(8-6-16)26-13-21-12-22-26/h5-10,12-13,15H,11H2,1-4H3,(H,23,27). The molecule has 1 aromatic carbocycles. The van der Waals surface area contributed by atoms with E-state index in [0.29, 0.717) is 17.8 Å². The quantitative estimate of drug-likeness (QED) is 0.708. The predicted octanol–water partition coefficient (Wildman–Crippen LogP) is 2.11. The van der Waals surface area contributed by atoms with Crippen LogP contribution < -0.4 is 10.9 Å². The Kier molecular flexibility index (Phi) is 5.70. The first-order chi connectivity index (χ1) is 13.4. The molecule has 2 aromatic heterocycles. The summed E-state index contributed by atoms with van der Waals surface area (Å²) in [6.45, 7) is 4.43. The van der Waals surface area contributed by atoms with Gasteiger partial charge in [0.2, 0.25) is 0 Å². The molecule has 146 valence electrons. The molecule has 2 heterocycles. The fourth-order valence-corrected chi connectivity index (χ4v) is 3.11. The zero-order chi connectivity index (χ0) is 20.3. The average molecular weight is 380 g/mol. The number of carbonyl (C=O) groups excluding carboxylic acids is 1. The van der Waals surface area contributed by atoms with Crippen LogP contribution in [0.4, 0.5) is 5.69 Å². The number of nitrogens with zero attached hydrogens (tertiary/aromatic N) is 5. The Morgan fingerprint density at radius 3 is 2.54 bits per heavy atom. The lowest BCUT2D eigenvalue weighted by Crippen LogP contribution is -2.34. The monoisotopic (exact) mass is 380 g/mol. The number of carbonyl (C=O) groups is 1. The highest BCUT2D eigenvalue weighted by atomic mass is 16.2. The Morgan fingerprint density at radius 2 is 1.93 bits per heavy atom. The molecule has 1 unspecified atom stereocenters. The molecule has 1 N–H and O–H groups in total. The second-order valence-electron chi connectivity index (χ2n) is 7.04. The van der Waals surface area contributed by atoms with Crippen molar-refractivity contribution in [3.63, 3.8) is 0 Å². The van der Waals surface area contributed by atoms with E-state index in [0.717, 1.165) is 5.69 Å². The molecule has 3 aromatic rings. The summed E-state index contributed by atoms with van der Waals surface area (Å²) < 4.78 is 3.23. The predicted molar refractivity (Wildman–Crippen MR) is 108 cm³/mol. The van der Waals surface area contributed by atoms with Gasteiger partial charge in [0.15, 0.2) is 0 Å². The van der Waals surface area contributed by atoms with E-state index in [1.807, 2.05) is 38.1 Å². The number of pyridine rings is 1. The van der Waals surface area contributed by atoms with Crippen LogP contribution in [0.5, 0.6) is 0 Å². The zero-order valence-electron chi connectivity index (χ0n) is 16.5. The Balaban J connectivity index is 1.83. The summed E-state index contributed by atoms with van der Waals surface area (Å²) in [7, 11) is 3.90. The van der Waals surface area contributed by atoms with Crippen LogP contribution in [-0.4, -0.2) is 50.8 Å². The van der Waals surface area contributed by atoms with Crippen LogP contribution in [0, 0.1) is 6.92 Å². The number of amides is 1. The number of likely N-dealkylation sites (N-methyl/N-ethyl adjacent to an activating group) is 1. The molecule has 0 radical (unpaired) electrons. The molecule has 0 bridgehead atoms. The van der Waals surface area contributed by atoms with Crippen LogP contribution in [-0.2, 0) is 0 Å². The lowest BCUT2D eigenvalue weighted by Gasteiger charge is -2.20. The first kappa shape index (κ1) is 19.5. The van der Waals surface area contributed by atoms with Gasteiger partial charge in [0.1, 0.15) is 18.2 Å². The number of rotatable bonds is 6. The summed E-state index contributed by atoms with van der Waals surface area (Å²) in [4.78, 5) is 31.6. The van der Waals surface area contributed by atoms with Gasteiger partial charge in [-0.1, -0.05) is 0 Å². The highest BCUT2D eigenvalue weighted by Crippen LogP contribution is 2.14. The van der Waals surface area contributed by atoms with E-state index in [2.05, 4.69) is 15.4 Å². The molecular weight excluding hydrogens is 356 g/mol. The van der Waals surface area contributed by atoms with E-state index >= 15 is 0 Å². The van der Waals surface area contributed by atoms with Gasteiger partial charge in [-0.25, -0.2) is 9.67 Å². The molecule has 8 heteroatoms. The van der Waals surface area contributed by atoms with Crippen LogP contribution in [0.3, 0.4) is 0 Å². The normalized spacial score (nSPS) is 12.2. The Bertz CT molecular complexity index is 1010. The van der Waals surface area contributed by atoms with Crippen LogP contribution >= 0.6 is 0 Å². The first-order valence-electron chi connectivity index (χ1n) is 8.99. The first-order valence-corrected chi connectivity index (χ1v) is 8.99. The van der Waals surface area contributed by atoms with Crippen molar-refractivity contribution in [1.82, 2.24) is 24.2 Å². The van der Waals surface area contributed by atoms with Gasteiger partial charge in [-0.2, -0.15) is 5.10 Å². The van der Waals surface area contributed by atoms with Crippen LogP contribution in [0.15, 0.2) is 54.0 Å². The minimum absolute atomic E-state index is 0.0448. The van der Waals surface area contributed by atoms with Gasteiger partial charge >= 0.3 is 0 Å². The van der Waals surface area contributed by atoms with Gasteiger partial charge in [-0.05, 0) is 63.8 Å². The topological polar surface area (TPSA) is 85.0 Å². The molecule has 0 aliphatic rings. The molecule has 0 fully saturated rings. The SMILES string of the molecule is Cc1ccn(C(C)CN(C)C)c(=O)c1C(=O)Nc1ccc(-n2cncn2)cc1. The van der Waals surface area contributed by atoms with E-state index in [-0.39, 0.29) is 17.2 Å². The lowest BCUT2D eigenvalue weighted by molar-refractivity contribution is 0.102. The Morgan fingerprint density at radius 1 is 1.21 bits per heavy atom. The van der Waals surface area contributed by atoms with E-state index < -0.39 is 5.91 Å². The van der Waals surface area contributed by atoms with Crippen LogP contribution in [0.2, 0.25) is 0 Å². The molecule has 1 atom stereocenters. The molecule has 8 nitrogen and oxygen atoms in total. The third kappa shape index (κ3) is 4.17. The van der Waals surface area contributed by atoms with Crippen molar-refractivity contribution in [1.29, 1.82) is 0 Å². The zero-order valence-corrected chi connectivity index (χ0v) is 16.5. The largest absolute Gasteiger partial charge is 0.322 e. The number of anilines is 1. The van der Waals surface area contributed by atoms with Gasteiger partial charge in [-0.3, -0.25) is 9.59 Å². The van der Waals surface area contributed by atoms with Gasteiger partial charge in [0.05, 0.1) is 5.69 Å². The summed E-state index contributed by atoms with van der Waals surface area (Å²) in [6, 6.07) is 8.92. The Labute approximate surface area is 163 Å². The summed E-state index contributed by atoms with van der Waals surface area (Å²) in [5, 5.41) is 6.88. The van der Waals surface area contributed by atoms with E-state index in [1.165, 1.54) is 6.33 Å². The molecule has 0 saturated heterocycles. The van der Waals surface area contributed by atoms with E-state index in [9.17, 15) is 9.59 Å². The van der Waals surface area contributed by atoms with Gasteiger partial charge in [0.25, 0.3) is 11.5 Å². The molecule has 28 heavy (non-hydrogen) atoms. The second-order valence-corrected chi connectivity index (χ2v) is 7.04. The molecular formula is C20H24N6O2. The van der Waals surface area contributed by atoms with E-state index in [1.54, 1.807) is 46.9 Å². The van der Waals surface area contributed by atoms with Crippen LogP contribution in [0.1, 0.15) is 28.9 Å². The number of hydrogen-bond acceptors (Lipinski definition) is 5. The number of nitrogens with one attached hydrogen (secondary N) is 1. The van der Waals surface area contributed by atoms with Crippen molar-refractivity contribution in [3.05, 3.63) is 70.7 Å². The molecule has 0 aliphatic carbocycles. The lowest BCUT2D eigenvalue weighted by atomic mass is 10.1. The summed E-state index contributed by atoms with van der Waals surface area (Å²) in [6.07, 6.45) is 4.80. The fourth-order valence-electron chi connectivity index (χ4n) is 3.11. The number of aryl methyl sites for hydroxylation is 1. The number of hydrogen-bond donors (Lipinski definition) is 1. The van der Waals surface area contributed by atoms with E-state index in [4.69, 9.17) is 0 Å². The average Bonchev–Trinajstić information content (AvgIpc) is 3.16.